The zero-order chi connectivity index (χ0) is 18.2. The first-order chi connectivity index (χ1) is 11.0. The van der Waals surface area contributed by atoms with Crippen molar-refractivity contribution in [3.63, 3.8) is 0 Å². The number of nitrogens with zero attached hydrogens (tertiary/aromatic N) is 1. The highest BCUT2D eigenvalue weighted by molar-refractivity contribution is 7.93. The number of hydrogen-bond acceptors (Lipinski definition) is 6. The van der Waals surface area contributed by atoms with Crippen molar-refractivity contribution in [2.24, 2.45) is 5.92 Å². The zero-order valence-corrected chi connectivity index (χ0v) is 15.4. The number of nitrogens with one attached hydrogen (secondary N) is 1. The van der Waals surface area contributed by atoms with Crippen LogP contribution in [0.25, 0.3) is 0 Å². The molecule has 8 heteroatoms. The van der Waals surface area contributed by atoms with Crippen LogP contribution in [-0.4, -0.2) is 41.7 Å². The van der Waals surface area contributed by atoms with Gasteiger partial charge in [-0.15, -0.1) is 0 Å². The Morgan fingerprint density at radius 3 is 2.50 bits per heavy atom. The summed E-state index contributed by atoms with van der Waals surface area (Å²) in [6.07, 6.45) is 2.86. The molecule has 1 aromatic heterocycles. The lowest BCUT2D eigenvalue weighted by molar-refractivity contribution is -0.117. The van der Waals surface area contributed by atoms with Crippen LogP contribution < -0.4 is 5.32 Å². The van der Waals surface area contributed by atoms with Gasteiger partial charge in [0.25, 0.3) is 0 Å². The number of hydrogen-bond donors (Lipinski definition) is 2. The molecule has 0 radical (unpaired) electrons. The number of carbonyl (C=O) groups excluding carboxylic acids is 1. The Hall–Kier alpha value is -1.41. The second-order valence-electron chi connectivity index (χ2n) is 7.66. The molecule has 136 valence electrons. The topological polar surface area (TPSA) is 110 Å². The summed E-state index contributed by atoms with van der Waals surface area (Å²) in [7, 11) is -3.58. The first-order valence-electron chi connectivity index (χ1n) is 8.11. The average Bonchev–Trinajstić information content (AvgIpc) is 2.92. The van der Waals surface area contributed by atoms with Crippen LogP contribution in [0, 0.1) is 5.92 Å². The monoisotopic (exact) mass is 358 g/mol. The summed E-state index contributed by atoms with van der Waals surface area (Å²) < 4.78 is 28.7. The molecule has 1 aliphatic rings. The molecule has 0 aromatic carbocycles. The number of amides is 1. The van der Waals surface area contributed by atoms with Gasteiger partial charge in [-0.2, -0.15) is 0 Å². The van der Waals surface area contributed by atoms with E-state index >= 15 is 0 Å². The van der Waals surface area contributed by atoms with Crippen molar-refractivity contribution in [3.05, 3.63) is 11.8 Å². The van der Waals surface area contributed by atoms with E-state index in [1.165, 1.54) is 19.9 Å². The van der Waals surface area contributed by atoms with Crippen LogP contribution >= 0.6 is 0 Å². The molecule has 1 fully saturated rings. The standard InChI is InChI=1S/C16H26N2O5S/c1-15(2,10-19)12-8-13(18-23-12)17-14(20)16(3,4)24(21,22)9-11-6-5-7-11/h8,11,19H,5-7,9-10H2,1-4H3,(H,17,18,20). The van der Waals surface area contributed by atoms with Crippen molar-refractivity contribution in [2.75, 3.05) is 17.7 Å². The molecule has 1 aromatic rings. The molecule has 2 rings (SSSR count). The maximum Gasteiger partial charge on any atom is 0.246 e. The van der Waals surface area contributed by atoms with Crippen LogP contribution in [0.1, 0.15) is 52.7 Å². The number of anilines is 1. The number of carbonyl (C=O) groups is 1. The predicted molar refractivity (Wildman–Crippen MR) is 90.5 cm³/mol. The van der Waals surface area contributed by atoms with Crippen LogP contribution in [0.3, 0.4) is 0 Å². The SMILES string of the molecule is CC(C)(CO)c1cc(NC(=O)C(C)(C)S(=O)(=O)CC2CCC2)no1. The van der Waals surface area contributed by atoms with Gasteiger partial charge in [0, 0.05) is 11.5 Å². The first-order valence-corrected chi connectivity index (χ1v) is 9.76. The number of aromatic nitrogens is 1. The molecule has 0 aliphatic heterocycles. The highest BCUT2D eigenvalue weighted by Crippen LogP contribution is 2.32. The van der Waals surface area contributed by atoms with Crippen molar-refractivity contribution in [1.82, 2.24) is 5.16 Å². The third kappa shape index (κ3) is 3.64. The van der Waals surface area contributed by atoms with Gasteiger partial charge in [0.15, 0.2) is 15.7 Å². The van der Waals surface area contributed by atoms with Crippen LogP contribution in [0.5, 0.6) is 0 Å². The van der Waals surface area contributed by atoms with Crippen LogP contribution in [0.2, 0.25) is 0 Å². The number of aliphatic hydroxyl groups excluding tert-OH is 1. The van der Waals surface area contributed by atoms with E-state index in [2.05, 4.69) is 10.5 Å². The smallest absolute Gasteiger partial charge is 0.246 e. The van der Waals surface area contributed by atoms with E-state index in [1.54, 1.807) is 13.8 Å². The molecule has 2 N–H and O–H groups in total. The Morgan fingerprint density at radius 2 is 2.00 bits per heavy atom. The molecular weight excluding hydrogens is 332 g/mol. The largest absolute Gasteiger partial charge is 0.395 e. The lowest BCUT2D eigenvalue weighted by Crippen LogP contribution is -2.47. The summed E-state index contributed by atoms with van der Waals surface area (Å²) in [5, 5.41) is 15.6. The second-order valence-corrected chi connectivity index (χ2v) is 10.2. The summed E-state index contributed by atoms with van der Waals surface area (Å²) in [6.45, 7) is 6.22. The highest BCUT2D eigenvalue weighted by atomic mass is 32.2. The van der Waals surface area contributed by atoms with Crippen molar-refractivity contribution in [1.29, 1.82) is 0 Å². The van der Waals surface area contributed by atoms with Gasteiger partial charge >= 0.3 is 0 Å². The minimum atomic E-state index is -3.58. The molecule has 1 saturated carbocycles. The Labute approximate surface area is 142 Å². The molecule has 24 heavy (non-hydrogen) atoms. The summed E-state index contributed by atoms with van der Waals surface area (Å²) in [5.74, 6) is 0.114. The highest BCUT2D eigenvalue weighted by Gasteiger charge is 2.43. The minimum absolute atomic E-state index is 0.0367. The van der Waals surface area contributed by atoms with Crippen LogP contribution in [0.4, 0.5) is 5.82 Å². The van der Waals surface area contributed by atoms with Gasteiger partial charge < -0.3 is 14.9 Å². The van der Waals surface area contributed by atoms with Gasteiger partial charge in [0.2, 0.25) is 5.91 Å². The molecule has 0 atom stereocenters. The van der Waals surface area contributed by atoms with Gasteiger partial charge in [0.1, 0.15) is 10.5 Å². The van der Waals surface area contributed by atoms with Crippen LogP contribution in [-0.2, 0) is 20.0 Å². The summed E-state index contributed by atoms with van der Waals surface area (Å²) in [5.41, 5.74) is -0.637. The maximum absolute atomic E-state index is 12.6. The van der Waals surface area contributed by atoms with Gasteiger partial charge in [0.05, 0.1) is 12.4 Å². The number of rotatable bonds is 7. The third-order valence-corrected chi connectivity index (χ3v) is 7.47. The molecule has 0 saturated heterocycles. The first kappa shape index (κ1) is 18.9. The molecule has 7 nitrogen and oxygen atoms in total. The molecular formula is C16H26N2O5S. The van der Waals surface area contributed by atoms with Crippen molar-refractivity contribution >= 4 is 21.6 Å². The van der Waals surface area contributed by atoms with Crippen molar-refractivity contribution in [2.45, 2.75) is 57.1 Å². The molecule has 0 spiro atoms. The minimum Gasteiger partial charge on any atom is -0.395 e. The van der Waals surface area contributed by atoms with Gasteiger partial charge in [-0.3, -0.25) is 4.79 Å². The van der Waals surface area contributed by atoms with E-state index in [4.69, 9.17) is 4.52 Å². The quantitative estimate of drug-likeness (QED) is 0.770. The van der Waals surface area contributed by atoms with E-state index in [0.29, 0.717) is 5.76 Å². The summed E-state index contributed by atoms with van der Waals surface area (Å²) in [6, 6.07) is 1.50. The second kappa shape index (κ2) is 6.48. The molecule has 0 bridgehead atoms. The van der Waals surface area contributed by atoms with Crippen molar-refractivity contribution in [3.8, 4) is 0 Å². The Bertz CT molecular complexity index is 702. The fraction of sp³-hybridized carbons (Fsp3) is 0.750. The van der Waals surface area contributed by atoms with Gasteiger partial charge in [-0.25, -0.2) is 8.42 Å². The Kier molecular flexibility index (Phi) is 5.11. The number of sulfone groups is 1. The predicted octanol–water partition coefficient (Wildman–Crippen LogP) is 1.88. The van der Waals surface area contributed by atoms with Crippen molar-refractivity contribution < 1.29 is 22.8 Å². The normalized spacial score (nSPS) is 16.7. The maximum atomic E-state index is 12.6. The lowest BCUT2D eigenvalue weighted by Gasteiger charge is -2.30. The Morgan fingerprint density at radius 1 is 1.38 bits per heavy atom. The lowest BCUT2D eigenvalue weighted by atomic mass is 9.87. The molecule has 1 amide bonds. The van der Waals surface area contributed by atoms with Gasteiger partial charge in [-0.1, -0.05) is 25.4 Å². The zero-order valence-electron chi connectivity index (χ0n) is 14.6. The summed E-state index contributed by atoms with van der Waals surface area (Å²) >= 11 is 0. The van der Waals surface area contributed by atoms with E-state index in [9.17, 15) is 18.3 Å². The van der Waals surface area contributed by atoms with Gasteiger partial charge in [-0.05, 0) is 32.6 Å². The van der Waals surface area contributed by atoms with Crippen LogP contribution in [0.15, 0.2) is 10.6 Å². The Balaban J connectivity index is 2.10. The molecule has 1 aliphatic carbocycles. The average molecular weight is 358 g/mol. The van der Waals surface area contributed by atoms with E-state index < -0.39 is 25.9 Å². The van der Waals surface area contributed by atoms with E-state index in [0.717, 1.165) is 19.3 Å². The molecule has 0 unspecified atom stereocenters. The number of aliphatic hydroxyl groups is 1. The molecule has 1 heterocycles. The fourth-order valence-electron chi connectivity index (χ4n) is 2.32. The fourth-order valence-corrected chi connectivity index (χ4v) is 4.02. The summed E-state index contributed by atoms with van der Waals surface area (Å²) in [4.78, 5) is 12.5. The van der Waals surface area contributed by atoms with E-state index in [1.807, 2.05) is 0 Å². The third-order valence-electron chi connectivity index (χ3n) is 4.82. The van der Waals surface area contributed by atoms with E-state index in [-0.39, 0.29) is 24.1 Å².